The van der Waals surface area contributed by atoms with E-state index >= 15 is 0 Å². The van der Waals surface area contributed by atoms with Gasteiger partial charge in [-0.2, -0.15) is 0 Å². The van der Waals surface area contributed by atoms with E-state index in [2.05, 4.69) is 5.32 Å². The van der Waals surface area contributed by atoms with Crippen LogP contribution >= 0.6 is 23.2 Å². The first-order valence-electron chi connectivity index (χ1n) is 8.55. The van der Waals surface area contributed by atoms with Gasteiger partial charge in [-0.25, -0.2) is 0 Å². The number of halogens is 2. The van der Waals surface area contributed by atoms with Crippen molar-refractivity contribution >= 4 is 40.7 Å². The zero-order chi connectivity index (χ0) is 19.1. The lowest BCUT2D eigenvalue weighted by Crippen LogP contribution is -2.40. The number of nitrogens with one attached hydrogen (secondary N) is 1. The summed E-state index contributed by atoms with van der Waals surface area (Å²) in [6.45, 7) is 4.20. The molecule has 1 atom stereocenters. The molecule has 26 heavy (non-hydrogen) atoms. The molecule has 1 N–H and O–H groups in total. The van der Waals surface area contributed by atoms with Crippen LogP contribution in [0.5, 0.6) is 0 Å². The van der Waals surface area contributed by atoms with Crippen molar-refractivity contribution < 1.29 is 9.59 Å². The third-order valence-electron chi connectivity index (χ3n) is 4.16. The first-order valence-corrected chi connectivity index (χ1v) is 9.31. The van der Waals surface area contributed by atoms with E-state index in [4.69, 9.17) is 23.2 Å². The Morgan fingerprint density at radius 3 is 2.15 bits per heavy atom. The van der Waals surface area contributed by atoms with Crippen molar-refractivity contribution in [3.63, 3.8) is 0 Å². The molecular formula is C20H22Cl2N2O2. The van der Waals surface area contributed by atoms with Crippen LogP contribution in [0.3, 0.4) is 0 Å². The van der Waals surface area contributed by atoms with Crippen molar-refractivity contribution in [2.45, 2.75) is 26.2 Å². The molecule has 6 heteroatoms. The number of likely N-dealkylation sites (N-methyl/N-ethyl adjacent to an activating group) is 1. The lowest BCUT2D eigenvalue weighted by atomic mass is 9.95. The average molecular weight is 393 g/mol. The number of benzene rings is 2. The zero-order valence-corrected chi connectivity index (χ0v) is 16.3. The van der Waals surface area contributed by atoms with Crippen LogP contribution in [0.25, 0.3) is 0 Å². The smallest absolute Gasteiger partial charge is 0.244 e. The summed E-state index contributed by atoms with van der Waals surface area (Å²) in [6, 6.07) is 14.6. The Morgan fingerprint density at radius 1 is 1.00 bits per heavy atom. The molecule has 0 aromatic heterocycles. The summed E-state index contributed by atoms with van der Waals surface area (Å²) in [5, 5.41) is 3.41. The van der Waals surface area contributed by atoms with E-state index < -0.39 is 0 Å². The summed E-state index contributed by atoms with van der Waals surface area (Å²) < 4.78 is 0. The number of rotatable bonds is 7. The SMILES string of the molecule is CCC(C(=O)N(CC)CC(=O)Nc1c(Cl)cccc1Cl)c1ccccc1. The van der Waals surface area contributed by atoms with Gasteiger partial charge in [0.25, 0.3) is 0 Å². The maximum absolute atomic E-state index is 12.9. The second-order valence-corrected chi connectivity index (χ2v) is 6.68. The van der Waals surface area contributed by atoms with Gasteiger partial charge in [0.05, 0.1) is 28.2 Å². The Labute approximate surface area is 164 Å². The van der Waals surface area contributed by atoms with Crippen LogP contribution in [0.1, 0.15) is 31.7 Å². The van der Waals surface area contributed by atoms with Crippen molar-refractivity contribution in [2.75, 3.05) is 18.4 Å². The quantitative estimate of drug-likeness (QED) is 0.722. The fourth-order valence-electron chi connectivity index (χ4n) is 2.77. The van der Waals surface area contributed by atoms with E-state index in [1.807, 2.05) is 44.2 Å². The number of nitrogens with zero attached hydrogens (tertiary/aromatic N) is 1. The topological polar surface area (TPSA) is 49.4 Å². The van der Waals surface area contributed by atoms with Crippen molar-refractivity contribution in [1.82, 2.24) is 4.90 Å². The summed E-state index contributed by atoms with van der Waals surface area (Å²) in [4.78, 5) is 26.9. The fraction of sp³-hybridized carbons (Fsp3) is 0.300. The third kappa shape index (κ3) is 4.99. The van der Waals surface area contributed by atoms with Gasteiger partial charge in [0.1, 0.15) is 0 Å². The molecule has 0 heterocycles. The number of hydrogen-bond donors (Lipinski definition) is 1. The number of para-hydroxylation sites is 1. The molecule has 0 radical (unpaired) electrons. The van der Waals surface area contributed by atoms with Gasteiger partial charge in [-0.3, -0.25) is 9.59 Å². The highest BCUT2D eigenvalue weighted by atomic mass is 35.5. The second kappa shape index (κ2) is 9.60. The number of amides is 2. The highest BCUT2D eigenvalue weighted by Crippen LogP contribution is 2.29. The summed E-state index contributed by atoms with van der Waals surface area (Å²) >= 11 is 12.2. The molecule has 4 nitrogen and oxygen atoms in total. The first kappa shape index (κ1) is 20.3. The molecule has 0 fully saturated rings. The minimum Gasteiger partial charge on any atom is -0.333 e. The minimum atomic E-state index is -0.335. The van der Waals surface area contributed by atoms with Gasteiger partial charge in [0.15, 0.2) is 0 Å². The van der Waals surface area contributed by atoms with Crippen LogP contribution in [0, 0.1) is 0 Å². The van der Waals surface area contributed by atoms with Crippen LogP contribution in [0.4, 0.5) is 5.69 Å². The maximum atomic E-state index is 12.9. The highest BCUT2D eigenvalue weighted by molar-refractivity contribution is 6.39. The van der Waals surface area contributed by atoms with E-state index in [1.165, 1.54) is 0 Å². The standard InChI is InChI=1S/C20H22Cl2N2O2/c1-3-15(14-9-6-5-7-10-14)20(26)24(4-2)13-18(25)23-19-16(21)11-8-12-17(19)22/h5-12,15H,3-4,13H2,1-2H3,(H,23,25). The largest absolute Gasteiger partial charge is 0.333 e. The van der Waals surface area contributed by atoms with Gasteiger partial charge in [0.2, 0.25) is 11.8 Å². The normalized spacial score (nSPS) is 11.7. The molecule has 0 aliphatic rings. The van der Waals surface area contributed by atoms with Crippen LogP contribution in [-0.2, 0) is 9.59 Å². The molecule has 1 unspecified atom stereocenters. The number of carbonyl (C=O) groups is 2. The molecular weight excluding hydrogens is 371 g/mol. The number of carbonyl (C=O) groups excluding carboxylic acids is 2. The summed E-state index contributed by atoms with van der Waals surface area (Å²) in [6.07, 6.45) is 0.664. The monoisotopic (exact) mass is 392 g/mol. The summed E-state index contributed by atoms with van der Waals surface area (Å²) in [5.74, 6) is -0.674. The van der Waals surface area contributed by atoms with Crippen molar-refractivity contribution in [3.05, 3.63) is 64.1 Å². The van der Waals surface area contributed by atoms with E-state index in [1.54, 1.807) is 23.1 Å². The van der Waals surface area contributed by atoms with Crippen LogP contribution in [-0.4, -0.2) is 29.8 Å². The number of hydrogen-bond acceptors (Lipinski definition) is 2. The van der Waals surface area contributed by atoms with Gasteiger partial charge in [0, 0.05) is 6.54 Å². The van der Waals surface area contributed by atoms with Gasteiger partial charge in [-0.1, -0.05) is 66.5 Å². The molecule has 0 aliphatic carbocycles. The summed E-state index contributed by atoms with van der Waals surface area (Å²) in [5.41, 5.74) is 1.31. The third-order valence-corrected chi connectivity index (χ3v) is 4.79. The lowest BCUT2D eigenvalue weighted by molar-refractivity contribution is -0.135. The summed E-state index contributed by atoms with van der Waals surface area (Å²) in [7, 11) is 0. The van der Waals surface area contributed by atoms with Crippen molar-refractivity contribution in [3.8, 4) is 0 Å². The Bertz CT molecular complexity index is 745. The van der Waals surface area contributed by atoms with E-state index in [9.17, 15) is 9.59 Å². The highest BCUT2D eigenvalue weighted by Gasteiger charge is 2.25. The first-order chi connectivity index (χ1) is 12.5. The fourth-order valence-corrected chi connectivity index (χ4v) is 3.27. The van der Waals surface area contributed by atoms with Crippen LogP contribution < -0.4 is 5.32 Å². The molecule has 138 valence electrons. The molecule has 0 saturated carbocycles. The molecule has 2 amide bonds. The molecule has 2 aromatic carbocycles. The van der Waals surface area contributed by atoms with Crippen molar-refractivity contribution in [1.29, 1.82) is 0 Å². The van der Waals surface area contributed by atoms with E-state index in [0.29, 0.717) is 28.7 Å². The van der Waals surface area contributed by atoms with E-state index in [0.717, 1.165) is 5.56 Å². The van der Waals surface area contributed by atoms with Gasteiger partial charge in [-0.15, -0.1) is 0 Å². The van der Waals surface area contributed by atoms with Gasteiger partial charge >= 0.3 is 0 Å². The maximum Gasteiger partial charge on any atom is 0.244 e. The zero-order valence-electron chi connectivity index (χ0n) is 14.8. The van der Waals surface area contributed by atoms with Gasteiger partial charge < -0.3 is 10.2 Å². The predicted octanol–water partition coefficient (Wildman–Crippen LogP) is 4.97. The van der Waals surface area contributed by atoms with Crippen LogP contribution in [0.2, 0.25) is 10.0 Å². The Kier molecular flexibility index (Phi) is 7.49. The average Bonchev–Trinajstić information content (AvgIpc) is 2.64. The molecule has 0 spiro atoms. The molecule has 0 aliphatic heterocycles. The Balaban J connectivity index is 2.10. The predicted molar refractivity (Wildman–Crippen MR) is 107 cm³/mol. The molecule has 2 rings (SSSR count). The van der Waals surface area contributed by atoms with E-state index in [-0.39, 0.29) is 24.3 Å². The lowest BCUT2D eigenvalue weighted by Gasteiger charge is -2.25. The molecule has 0 bridgehead atoms. The van der Waals surface area contributed by atoms with Crippen molar-refractivity contribution in [2.24, 2.45) is 0 Å². The number of anilines is 1. The second-order valence-electron chi connectivity index (χ2n) is 5.87. The van der Waals surface area contributed by atoms with Gasteiger partial charge in [-0.05, 0) is 31.0 Å². The Hall–Kier alpha value is -2.04. The molecule has 0 saturated heterocycles. The molecule has 2 aromatic rings. The Morgan fingerprint density at radius 2 is 1.62 bits per heavy atom. The van der Waals surface area contributed by atoms with Crippen LogP contribution in [0.15, 0.2) is 48.5 Å². The minimum absolute atomic E-state index is 0.0553.